The van der Waals surface area contributed by atoms with Gasteiger partial charge >= 0.3 is 6.18 Å². The van der Waals surface area contributed by atoms with Gasteiger partial charge in [-0.25, -0.2) is 4.68 Å². The largest absolute Gasteiger partial charge is 0.434 e. The molecule has 0 aliphatic carbocycles. The van der Waals surface area contributed by atoms with Gasteiger partial charge in [-0.15, -0.1) is 0 Å². The molecule has 0 aliphatic rings. The third-order valence-electron chi connectivity index (χ3n) is 3.99. The number of hydrogen-bond acceptors (Lipinski definition) is 3. The molecule has 0 bridgehead atoms. The number of rotatable bonds is 4. The minimum Gasteiger partial charge on any atom is -0.366 e. The van der Waals surface area contributed by atoms with E-state index in [0.29, 0.717) is 4.68 Å². The Morgan fingerprint density at radius 1 is 1.04 bits per heavy atom. The first-order valence-electron chi connectivity index (χ1n) is 8.10. The number of alkyl halides is 3. The lowest BCUT2D eigenvalue weighted by Gasteiger charge is -2.13. The van der Waals surface area contributed by atoms with Crippen LogP contribution in [0, 0.1) is 6.92 Å². The van der Waals surface area contributed by atoms with Crippen molar-refractivity contribution in [3.05, 3.63) is 77.1 Å². The van der Waals surface area contributed by atoms with Crippen LogP contribution in [0.3, 0.4) is 0 Å². The number of aromatic nitrogens is 2. The molecule has 0 aliphatic heterocycles. The van der Waals surface area contributed by atoms with Crippen molar-refractivity contribution >= 4 is 17.5 Å². The van der Waals surface area contributed by atoms with Crippen molar-refractivity contribution in [2.75, 3.05) is 5.32 Å². The number of halogens is 3. The van der Waals surface area contributed by atoms with Crippen LogP contribution in [0.15, 0.2) is 54.7 Å². The Morgan fingerprint density at radius 2 is 1.64 bits per heavy atom. The van der Waals surface area contributed by atoms with Crippen molar-refractivity contribution in [1.29, 1.82) is 0 Å². The number of hydrogen-bond donors (Lipinski definition) is 2. The normalized spacial score (nSPS) is 11.3. The molecule has 1 heterocycles. The lowest BCUT2D eigenvalue weighted by Crippen LogP contribution is -2.20. The van der Waals surface area contributed by atoms with Crippen LogP contribution in [0.25, 0.3) is 5.69 Å². The zero-order valence-corrected chi connectivity index (χ0v) is 14.6. The molecule has 3 rings (SSSR count). The van der Waals surface area contributed by atoms with E-state index < -0.39 is 29.2 Å². The van der Waals surface area contributed by atoms with E-state index in [0.717, 1.165) is 11.8 Å². The van der Waals surface area contributed by atoms with Gasteiger partial charge in [0.15, 0.2) is 5.69 Å². The molecule has 0 saturated carbocycles. The van der Waals surface area contributed by atoms with E-state index >= 15 is 0 Å². The number of anilines is 1. The van der Waals surface area contributed by atoms with Crippen molar-refractivity contribution in [1.82, 2.24) is 9.78 Å². The quantitative estimate of drug-likeness (QED) is 0.716. The number of nitrogens with two attached hydrogens (primary N) is 1. The first-order valence-corrected chi connectivity index (χ1v) is 8.10. The molecule has 0 spiro atoms. The summed E-state index contributed by atoms with van der Waals surface area (Å²) in [5, 5.41) is 6.12. The van der Waals surface area contributed by atoms with E-state index in [4.69, 9.17) is 5.73 Å². The fraction of sp³-hybridized carbons (Fsp3) is 0.105. The molecule has 0 radical (unpaired) electrons. The van der Waals surface area contributed by atoms with E-state index in [-0.39, 0.29) is 16.9 Å². The summed E-state index contributed by atoms with van der Waals surface area (Å²) >= 11 is 0. The number of carbonyl (C=O) groups excluding carboxylic acids is 2. The molecule has 0 saturated heterocycles. The fourth-order valence-electron chi connectivity index (χ4n) is 2.59. The van der Waals surface area contributed by atoms with Crippen molar-refractivity contribution in [2.24, 2.45) is 5.73 Å². The Labute approximate surface area is 157 Å². The summed E-state index contributed by atoms with van der Waals surface area (Å²) in [7, 11) is 0. The molecule has 3 aromatic rings. The van der Waals surface area contributed by atoms with Crippen LogP contribution in [0.2, 0.25) is 0 Å². The predicted octanol–water partition coefficient (Wildman–Crippen LogP) is 3.55. The maximum Gasteiger partial charge on any atom is 0.434 e. The van der Waals surface area contributed by atoms with Gasteiger partial charge in [-0.3, -0.25) is 9.59 Å². The van der Waals surface area contributed by atoms with Gasteiger partial charge in [0.05, 0.1) is 17.4 Å². The van der Waals surface area contributed by atoms with E-state index in [1.54, 1.807) is 19.1 Å². The summed E-state index contributed by atoms with van der Waals surface area (Å²) in [4.78, 5) is 23.5. The Kier molecular flexibility index (Phi) is 4.91. The molecule has 1 aromatic heterocycles. The summed E-state index contributed by atoms with van der Waals surface area (Å²) < 4.78 is 41.7. The van der Waals surface area contributed by atoms with E-state index in [9.17, 15) is 22.8 Å². The SMILES string of the molecule is Cc1ccc(-n2ncc(C(=O)Nc3ccc(C(N)=O)cc3)c2C(F)(F)F)cc1. The molecule has 2 aromatic carbocycles. The summed E-state index contributed by atoms with van der Waals surface area (Å²) in [6.45, 7) is 1.81. The number of amides is 2. The van der Waals surface area contributed by atoms with Crippen molar-refractivity contribution < 1.29 is 22.8 Å². The smallest absolute Gasteiger partial charge is 0.366 e. The minimum absolute atomic E-state index is 0.183. The molecular weight excluding hydrogens is 373 g/mol. The second kappa shape index (κ2) is 7.18. The Balaban J connectivity index is 1.96. The zero-order chi connectivity index (χ0) is 20.5. The van der Waals surface area contributed by atoms with E-state index in [2.05, 4.69) is 10.4 Å². The average Bonchev–Trinajstić information content (AvgIpc) is 3.08. The number of primary amides is 1. The number of nitrogens with zero attached hydrogens (tertiary/aromatic N) is 2. The maximum absolute atomic E-state index is 13.7. The van der Waals surface area contributed by atoms with Crippen LogP contribution in [-0.4, -0.2) is 21.6 Å². The van der Waals surface area contributed by atoms with Gasteiger partial charge in [-0.2, -0.15) is 18.3 Å². The monoisotopic (exact) mass is 388 g/mol. The summed E-state index contributed by atoms with van der Waals surface area (Å²) in [5.74, 6) is -1.63. The first-order chi connectivity index (χ1) is 13.2. The summed E-state index contributed by atoms with van der Waals surface area (Å²) in [6.07, 6.45) is -3.93. The van der Waals surface area contributed by atoms with Crippen LogP contribution >= 0.6 is 0 Å². The molecular formula is C19H15F3N4O2. The molecule has 2 amide bonds. The van der Waals surface area contributed by atoms with Crippen LogP contribution in [-0.2, 0) is 6.18 Å². The number of nitrogens with one attached hydrogen (secondary N) is 1. The van der Waals surface area contributed by atoms with Crippen LogP contribution in [0.5, 0.6) is 0 Å². The molecule has 144 valence electrons. The molecule has 6 nitrogen and oxygen atoms in total. The predicted molar refractivity (Wildman–Crippen MR) is 96.2 cm³/mol. The average molecular weight is 388 g/mol. The number of benzene rings is 2. The van der Waals surface area contributed by atoms with Gasteiger partial charge in [-0.1, -0.05) is 17.7 Å². The molecule has 0 fully saturated rings. The second-order valence-corrected chi connectivity index (χ2v) is 6.05. The van der Waals surface area contributed by atoms with Crippen LogP contribution in [0.4, 0.5) is 18.9 Å². The lowest BCUT2D eigenvalue weighted by atomic mass is 10.1. The zero-order valence-electron chi connectivity index (χ0n) is 14.6. The molecule has 28 heavy (non-hydrogen) atoms. The Morgan fingerprint density at radius 3 is 2.18 bits per heavy atom. The van der Waals surface area contributed by atoms with Crippen molar-refractivity contribution in [3.8, 4) is 5.69 Å². The molecule has 0 unspecified atom stereocenters. The van der Waals surface area contributed by atoms with Gasteiger partial charge < -0.3 is 11.1 Å². The highest BCUT2D eigenvalue weighted by Crippen LogP contribution is 2.34. The first kappa shape index (κ1) is 19.2. The third kappa shape index (κ3) is 3.88. The third-order valence-corrected chi connectivity index (χ3v) is 3.99. The summed E-state index contributed by atoms with van der Waals surface area (Å²) in [6, 6.07) is 11.7. The number of carbonyl (C=O) groups is 2. The summed E-state index contributed by atoms with van der Waals surface area (Å²) in [5.41, 5.74) is 4.82. The lowest BCUT2D eigenvalue weighted by molar-refractivity contribution is -0.143. The van der Waals surface area contributed by atoms with Crippen LogP contribution < -0.4 is 11.1 Å². The number of aryl methyl sites for hydroxylation is 1. The van der Waals surface area contributed by atoms with Gasteiger partial charge in [-0.05, 0) is 43.3 Å². The Bertz CT molecular complexity index is 1020. The minimum atomic E-state index is -4.80. The Hall–Kier alpha value is -3.62. The van der Waals surface area contributed by atoms with Gasteiger partial charge in [0, 0.05) is 11.3 Å². The van der Waals surface area contributed by atoms with E-state index in [1.807, 2.05) is 0 Å². The molecule has 3 N–H and O–H groups in total. The highest BCUT2D eigenvalue weighted by Gasteiger charge is 2.40. The standard InChI is InChI=1S/C19H15F3N4O2/c1-11-2-8-14(9-3-11)26-16(19(20,21)22)15(10-24-26)18(28)25-13-6-4-12(5-7-13)17(23)27/h2-10H,1H3,(H2,23,27)(H,25,28). The maximum atomic E-state index is 13.7. The van der Waals surface area contributed by atoms with Gasteiger partial charge in [0.1, 0.15) is 0 Å². The van der Waals surface area contributed by atoms with E-state index in [1.165, 1.54) is 36.4 Å². The van der Waals surface area contributed by atoms with Gasteiger partial charge in [0.2, 0.25) is 5.91 Å². The second-order valence-electron chi connectivity index (χ2n) is 6.05. The van der Waals surface area contributed by atoms with Crippen molar-refractivity contribution in [3.63, 3.8) is 0 Å². The van der Waals surface area contributed by atoms with Gasteiger partial charge in [0.25, 0.3) is 5.91 Å². The van der Waals surface area contributed by atoms with Crippen molar-refractivity contribution in [2.45, 2.75) is 13.1 Å². The fourth-order valence-corrected chi connectivity index (χ4v) is 2.59. The molecule has 9 heteroatoms. The topological polar surface area (TPSA) is 90.0 Å². The molecule has 0 atom stereocenters. The highest BCUT2D eigenvalue weighted by atomic mass is 19.4. The van der Waals surface area contributed by atoms with Crippen LogP contribution in [0.1, 0.15) is 32.0 Å². The highest BCUT2D eigenvalue weighted by molar-refractivity contribution is 6.05.